The highest BCUT2D eigenvalue weighted by Gasteiger charge is 2.47. The topological polar surface area (TPSA) is 50.8 Å². The second kappa shape index (κ2) is 9.60. The van der Waals surface area contributed by atoms with Crippen molar-refractivity contribution in [1.82, 2.24) is 4.90 Å². The second-order valence-corrected chi connectivity index (χ2v) is 8.41. The van der Waals surface area contributed by atoms with E-state index in [1.807, 2.05) is 35.2 Å². The number of anilines is 1. The molecule has 5 nitrogen and oxygen atoms in total. The lowest BCUT2D eigenvalue weighted by molar-refractivity contribution is -0.159. The summed E-state index contributed by atoms with van der Waals surface area (Å²) < 4.78 is 50.5. The van der Waals surface area contributed by atoms with Gasteiger partial charge in [0.2, 0.25) is 5.91 Å². The lowest BCUT2D eigenvalue weighted by Crippen LogP contribution is -2.57. The molecule has 1 amide bonds. The van der Waals surface area contributed by atoms with Crippen molar-refractivity contribution in [2.24, 2.45) is 0 Å². The zero-order chi connectivity index (χ0) is 22.6. The van der Waals surface area contributed by atoms with Gasteiger partial charge in [-0.3, -0.25) is 9.69 Å². The normalized spacial score (nSPS) is 24.0. The molecule has 0 unspecified atom stereocenters. The molecule has 0 bridgehead atoms. The standard InChI is InChI=1S/C24H27F3N2O3/c25-24(26,27)19-7-9-20(10-8-19)28-22(30)16-29-13-12-23(11-4-14-32-23)21(15-29)31-17-18-5-2-1-3-6-18/h1-3,5-10,21H,4,11-17H2,(H,28,30)/t21-,23-/m1/s1. The second-order valence-electron chi connectivity index (χ2n) is 8.41. The lowest BCUT2D eigenvalue weighted by Gasteiger charge is -2.44. The molecular weight excluding hydrogens is 421 g/mol. The highest BCUT2D eigenvalue weighted by atomic mass is 19.4. The maximum absolute atomic E-state index is 12.7. The summed E-state index contributed by atoms with van der Waals surface area (Å²) in [5.74, 6) is -0.269. The lowest BCUT2D eigenvalue weighted by atomic mass is 9.85. The van der Waals surface area contributed by atoms with Crippen LogP contribution in [0, 0.1) is 0 Å². The molecule has 4 rings (SSSR count). The van der Waals surface area contributed by atoms with Crippen molar-refractivity contribution in [1.29, 1.82) is 0 Å². The predicted molar refractivity (Wildman–Crippen MR) is 114 cm³/mol. The Labute approximate surface area is 185 Å². The monoisotopic (exact) mass is 448 g/mol. The minimum Gasteiger partial charge on any atom is -0.372 e. The van der Waals surface area contributed by atoms with Gasteiger partial charge in [0.1, 0.15) is 0 Å². The Hall–Kier alpha value is -2.42. The van der Waals surface area contributed by atoms with Crippen LogP contribution in [-0.4, -0.2) is 48.8 Å². The van der Waals surface area contributed by atoms with Gasteiger partial charge in [0, 0.05) is 25.4 Å². The molecule has 8 heteroatoms. The molecule has 0 saturated carbocycles. The van der Waals surface area contributed by atoms with Gasteiger partial charge in [-0.05, 0) is 49.1 Å². The van der Waals surface area contributed by atoms with Gasteiger partial charge < -0.3 is 14.8 Å². The smallest absolute Gasteiger partial charge is 0.372 e. The molecule has 0 aliphatic carbocycles. The Kier molecular flexibility index (Phi) is 6.83. The van der Waals surface area contributed by atoms with Crippen molar-refractivity contribution in [3.05, 3.63) is 65.7 Å². The number of ether oxygens (including phenoxy) is 2. The van der Waals surface area contributed by atoms with Crippen LogP contribution in [0.3, 0.4) is 0 Å². The number of halogens is 3. The Morgan fingerprint density at radius 3 is 2.53 bits per heavy atom. The van der Waals surface area contributed by atoms with Gasteiger partial charge in [-0.15, -0.1) is 0 Å². The number of amides is 1. The molecular formula is C24H27F3N2O3. The van der Waals surface area contributed by atoms with E-state index in [1.54, 1.807) is 0 Å². The first kappa shape index (κ1) is 22.8. The van der Waals surface area contributed by atoms with Crippen LogP contribution in [0.4, 0.5) is 18.9 Å². The maximum Gasteiger partial charge on any atom is 0.416 e. The van der Waals surface area contributed by atoms with E-state index < -0.39 is 11.7 Å². The quantitative estimate of drug-likeness (QED) is 0.708. The number of hydrogen-bond donors (Lipinski definition) is 1. The fraction of sp³-hybridized carbons (Fsp3) is 0.458. The van der Waals surface area contributed by atoms with Gasteiger partial charge in [0.05, 0.1) is 30.4 Å². The minimum absolute atomic E-state index is 0.141. The molecule has 2 saturated heterocycles. The summed E-state index contributed by atoms with van der Waals surface area (Å²) >= 11 is 0. The average molecular weight is 448 g/mol. The van der Waals surface area contributed by atoms with Gasteiger partial charge in [0.25, 0.3) is 0 Å². The van der Waals surface area contributed by atoms with E-state index in [9.17, 15) is 18.0 Å². The Bertz CT molecular complexity index is 897. The van der Waals surface area contributed by atoms with Crippen molar-refractivity contribution >= 4 is 11.6 Å². The summed E-state index contributed by atoms with van der Waals surface area (Å²) in [6.07, 6.45) is -1.83. The first-order valence-electron chi connectivity index (χ1n) is 10.8. The molecule has 0 aromatic heterocycles. The van der Waals surface area contributed by atoms with Gasteiger partial charge in [-0.2, -0.15) is 13.2 Å². The van der Waals surface area contributed by atoms with Crippen LogP contribution < -0.4 is 5.32 Å². The summed E-state index contributed by atoms with van der Waals surface area (Å²) in [5, 5.41) is 2.68. The van der Waals surface area contributed by atoms with Crippen molar-refractivity contribution in [3.8, 4) is 0 Å². The highest BCUT2D eigenvalue weighted by Crippen LogP contribution is 2.38. The molecule has 2 aromatic rings. The van der Waals surface area contributed by atoms with Crippen molar-refractivity contribution in [2.45, 2.75) is 43.8 Å². The predicted octanol–water partition coefficient (Wildman–Crippen LogP) is 4.48. The van der Waals surface area contributed by atoms with E-state index in [-0.39, 0.29) is 24.2 Å². The van der Waals surface area contributed by atoms with Crippen molar-refractivity contribution in [3.63, 3.8) is 0 Å². The third-order valence-corrected chi connectivity index (χ3v) is 6.15. The van der Waals surface area contributed by atoms with Gasteiger partial charge in [-0.1, -0.05) is 30.3 Å². The maximum atomic E-state index is 12.7. The van der Waals surface area contributed by atoms with E-state index in [0.29, 0.717) is 25.4 Å². The third-order valence-electron chi connectivity index (χ3n) is 6.15. The third kappa shape index (κ3) is 5.49. The number of hydrogen-bond acceptors (Lipinski definition) is 4. The zero-order valence-corrected chi connectivity index (χ0v) is 17.7. The number of piperidine rings is 1. The fourth-order valence-corrected chi connectivity index (χ4v) is 4.44. The van der Waals surface area contributed by atoms with Crippen LogP contribution in [0.1, 0.15) is 30.4 Å². The van der Waals surface area contributed by atoms with Crippen molar-refractivity contribution in [2.75, 3.05) is 31.6 Å². The van der Waals surface area contributed by atoms with Gasteiger partial charge in [0.15, 0.2) is 0 Å². The molecule has 0 radical (unpaired) electrons. The number of carbonyl (C=O) groups excluding carboxylic acids is 1. The summed E-state index contributed by atoms with van der Waals surface area (Å²) in [6, 6.07) is 14.4. The SMILES string of the molecule is O=C(CN1CC[C@]2(CCCO2)[C@H](OCc2ccccc2)C1)Nc1ccc(C(F)(F)F)cc1. The minimum atomic E-state index is -4.40. The number of carbonyl (C=O) groups is 1. The Morgan fingerprint density at radius 1 is 1.12 bits per heavy atom. The van der Waals surface area contributed by atoms with Gasteiger partial charge in [-0.25, -0.2) is 0 Å². The number of nitrogens with zero attached hydrogens (tertiary/aromatic N) is 1. The largest absolute Gasteiger partial charge is 0.416 e. The van der Waals surface area contributed by atoms with E-state index in [1.165, 1.54) is 12.1 Å². The fourth-order valence-electron chi connectivity index (χ4n) is 4.44. The number of benzene rings is 2. The summed E-state index contributed by atoms with van der Waals surface area (Å²) in [6.45, 7) is 2.60. The summed E-state index contributed by atoms with van der Waals surface area (Å²) in [5.41, 5.74) is 0.368. The number of rotatable bonds is 6. The van der Waals surface area contributed by atoms with Crippen LogP contribution in [0.5, 0.6) is 0 Å². The molecule has 2 aliphatic rings. The van der Waals surface area contributed by atoms with Gasteiger partial charge >= 0.3 is 6.18 Å². The molecule has 2 atom stereocenters. The Morgan fingerprint density at radius 2 is 1.88 bits per heavy atom. The summed E-state index contributed by atoms with van der Waals surface area (Å²) in [7, 11) is 0. The molecule has 2 aromatic carbocycles. The van der Waals surface area contributed by atoms with Crippen molar-refractivity contribution < 1.29 is 27.4 Å². The van der Waals surface area contributed by atoms with Crippen LogP contribution in [0.15, 0.2) is 54.6 Å². The summed E-state index contributed by atoms with van der Waals surface area (Å²) in [4.78, 5) is 14.5. The molecule has 2 aliphatic heterocycles. The molecule has 1 spiro atoms. The molecule has 1 N–H and O–H groups in total. The number of nitrogens with one attached hydrogen (secondary N) is 1. The average Bonchev–Trinajstić information content (AvgIpc) is 3.24. The molecule has 172 valence electrons. The number of likely N-dealkylation sites (tertiary alicyclic amines) is 1. The van der Waals surface area contributed by atoms with E-state index in [2.05, 4.69) is 5.32 Å². The zero-order valence-electron chi connectivity index (χ0n) is 17.7. The molecule has 32 heavy (non-hydrogen) atoms. The number of alkyl halides is 3. The van der Waals surface area contributed by atoms with Crippen LogP contribution in [0.25, 0.3) is 0 Å². The van der Waals surface area contributed by atoms with E-state index >= 15 is 0 Å². The Balaban J connectivity index is 1.35. The molecule has 2 heterocycles. The van der Waals surface area contributed by atoms with E-state index in [0.717, 1.165) is 43.6 Å². The first-order valence-corrected chi connectivity index (χ1v) is 10.8. The van der Waals surface area contributed by atoms with Crippen LogP contribution in [-0.2, 0) is 27.1 Å². The van der Waals surface area contributed by atoms with Crippen LogP contribution in [0.2, 0.25) is 0 Å². The van der Waals surface area contributed by atoms with Crippen LogP contribution >= 0.6 is 0 Å². The highest BCUT2D eigenvalue weighted by molar-refractivity contribution is 5.92. The van der Waals surface area contributed by atoms with E-state index in [4.69, 9.17) is 9.47 Å². The first-order chi connectivity index (χ1) is 15.3. The molecule has 2 fully saturated rings.